The third kappa shape index (κ3) is 13.2. The highest BCUT2D eigenvalue weighted by atomic mass is 32.2. The van der Waals surface area contributed by atoms with Gasteiger partial charge in [-0.3, -0.25) is 23.9 Å². The van der Waals surface area contributed by atoms with Crippen LogP contribution in [0.2, 0.25) is 0 Å². The third-order valence-electron chi connectivity index (χ3n) is 9.12. The fourth-order valence-electron chi connectivity index (χ4n) is 6.15. The summed E-state index contributed by atoms with van der Waals surface area (Å²) in [4.78, 5) is 64.1. The number of aromatic nitrogens is 2. The van der Waals surface area contributed by atoms with Crippen LogP contribution in [0.4, 0.5) is 4.79 Å². The van der Waals surface area contributed by atoms with Crippen LogP contribution in [0.15, 0.2) is 65.6 Å². The summed E-state index contributed by atoms with van der Waals surface area (Å²) >= 11 is 1.42. The van der Waals surface area contributed by atoms with Gasteiger partial charge in [-0.25, -0.2) is 9.89 Å². The van der Waals surface area contributed by atoms with E-state index in [0.717, 1.165) is 54.9 Å². The second kappa shape index (κ2) is 20.7. The number of nitrogens with zero attached hydrogens (tertiary/aromatic N) is 2. The summed E-state index contributed by atoms with van der Waals surface area (Å²) in [6.45, 7) is 9.48. The molecule has 298 valence electrons. The molecule has 3 unspecified atom stereocenters. The van der Waals surface area contributed by atoms with E-state index in [0.29, 0.717) is 30.2 Å². The van der Waals surface area contributed by atoms with Gasteiger partial charge in [0.15, 0.2) is 5.75 Å². The Labute approximate surface area is 327 Å². The number of carbonyl (C=O) groups is 4. The lowest BCUT2D eigenvalue weighted by Gasteiger charge is -2.28. The van der Waals surface area contributed by atoms with Crippen molar-refractivity contribution in [2.75, 3.05) is 20.2 Å². The van der Waals surface area contributed by atoms with Gasteiger partial charge in [0.05, 0.1) is 18.9 Å². The Morgan fingerprint density at radius 2 is 1.80 bits per heavy atom. The van der Waals surface area contributed by atoms with Crippen LogP contribution in [0.25, 0.3) is 21.9 Å². The number of alkyl carbamates (subject to hydrolysis) is 1. The second-order valence-electron chi connectivity index (χ2n) is 14.8. The molecule has 2 fully saturated rings. The van der Waals surface area contributed by atoms with Gasteiger partial charge in [0, 0.05) is 17.7 Å². The molecule has 3 atom stereocenters. The Kier molecular flexibility index (Phi) is 16.2. The van der Waals surface area contributed by atoms with Crippen LogP contribution in [-0.2, 0) is 19.1 Å². The van der Waals surface area contributed by atoms with Gasteiger partial charge in [-0.05, 0) is 87.6 Å². The van der Waals surface area contributed by atoms with Crippen LogP contribution in [0.1, 0.15) is 86.0 Å². The van der Waals surface area contributed by atoms with Crippen LogP contribution >= 0.6 is 11.9 Å². The van der Waals surface area contributed by atoms with Crippen molar-refractivity contribution in [1.82, 2.24) is 30.5 Å². The first-order chi connectivity index (χ1) is 26.3. The molecule has 4 amide bonds. The van der Waals surface area contributed by atoms with Crippen LogP contribution in [0.5, 0.6) is 5.75 Å². The monoisotopic (exact) mass is 776 g/mol. The number of aromatic amines is 1. The molecule has 0 bridgehead atoms. The minimum atomic E-state index is -0.733. The molecule has 1 aliphatic heterocycles. The van der Waals surface area contributed by atoms with Crippen LogP contribution in [0, 0.1) is 5.92 Å². The highest BCUT2D eigenvalue weighted by Gasteiger charge is 2.37. The first-order valence-electron chi connectivity index (χ1n) is 19.1. The van der Waals surface area contributed by atoms with Crippen LogP contribution in [-0.4, -0.2) is 82.0 Å². The van der Waals surface area contributed by atoms with Crippen molar-refractivity contribution in [3.63, 3.8) is 0 Å². The van der Waals surface area contributed by atoms with E-state index in [1.807, 2.05) is 55.5 Å². The summed E-state index contributed by atoms with van der Waals surface area (Å²) in [5.41, 5.74) is 0.641. The number of amides is 4. The van der Waals surface area contributed by atoms with Gasteiger partial charge in [-0.15, -0.1) is 0 Å². The van der Waals surface area contributed by atoms with E-state index < -0.39 is 23.8 Å². The number of hydrogen-bond donors (Lipinski definition) is 4. The quantitative estimate of drug-likeness (QED) is 0.0787. The zero-order valence-electron chi connectivity index (χ0n) is 32.8. The van der Waals surface area contributed by atoms with E-state index in [1.165, 1.54) is 24.0 Å². The number of rotatable bonds is 15. The number of ether oxygens (including phenoxy) is 2. The molecule has 1 aromatic heterocycles. The lowest BCUT2D eigenvalue weighted by molar-refractivity contribution is -0.139. The summed E-state index contributed by atoms with van der Waals surface area (Å²) in [6, 6.07) is 12.6. The lowest BCUT2D eigenvalue weighted by Crippen LogP contribution is -2.55. The van der Waals surface area contributed by atoms with E-state index in [9.17, 15) is 24.0 Å². The first kappa shape index (κ1) is 42.9. The maximum absolute atomic E-state index is 13.2. The molecule has 5 rings (SSSR count). The van der Waals surface area contributed by atoms with E-state index >= 15 is 0 Å². The fourth-order valence-corrected chi connectivity index (χ4v) is 6.94. The number of unbranched alkanes of at least 4 members (excludes halogenated alkanes) is 3. The highest BCUT2D eigenvalue weighted by molar-refractivity contribution is 7.98. The van der Waals surface area contributed by atoms with Crippen LogP contribution in [0.3, 0.4) is 0 Å². The van der Waals surface area contributed by atoms with Gasteiger partial charge < -0.3 is 25.0 Å². The van der Waals surface area contributed by atoms with Crippen molar-refractivity contribution in [1.29, 1.82) is 0 Å². The minimum Gasteiger partial charge on any atom is -0.491 e. The standard InChI is InChI=1S/C26H44N4O5S.C15H12N2O2/c1-6-7-8-9-10-12-18(2)22(24(33)29-36-19-14-15-19)28-23(32)20-13-11-16-30(20)21(31)17-27-25(34)35-26(3,4)5;1-19-14-13(9-16-17-15(14)18)12-8-4-6-10-5-2-3-7-11(10)12/h10,12,18-20,22H,6-9,11,13-17H2,1-5H3,(H,27,34)(H,28,32)(H,29,33);2-9H,1H3,(H,17,18)/b12-10-;. The number of hydrogen-bond acceptors (Lipinski definition) is 9. The van der Waals surface area contributed by atoms with Gasteiger partial charge in [0.2, 0.25) is 11.8 Å². The number of fused-ring (bicyclic) bond motifs is 1. The fraction of sp³-hybridized carbons (Fsp3) is 0.512. The molecule has 0 radical (unpaired) electrons. The van der Waals surface area contributed by atoms with E-state index in [2.05, 4.69) is 38.6 Å². The molecule has 14 heteroatoms. The Balaban J connectivity index is 0.000000294. The zero-order chi connectivity index (χ0) is 40.0. The van der Waals surface area contributed by atoms with Crippen molar-refractivity contribution in [3.05, 3.63) is 71.2 Å². The van der Waals surface area contributed by atoms with Gasteiger partial charge in [-0.1, -0.05) is 81.3 Å². The number of allylic oxidation sites excluding steroid dienone is 1. The number of likely N-dealkylation sites (tertiary alicyclic amines) is 1. The molecule has 2 aliphatic rings. The van der Waals surface area contributed by atoms with Crippen molar-refractivity contribution < 1.29 is 28.7 Å². The van der Waals surface area contributed by atoms with Gasteiger partial charge >= 0.3 is 11.7 Å². The molecule has 1 aliphatic carbocycles. The number of carbonyl (C=O) groups excluding carboxylic acids is 4. The molecule has 2 heterocycles. The molecule has 1 saturated carbocycles. The predicted octanol–water partition coefficient (Wildman–Crippen LogP) is 6.29. The Bertz CT molecular complexity index is 1850. The van der Waals surface area contributed by atoms with Gasteiger partial charge in [0.1, 0.15) is 24.2 Å². The molecular weight excluding hydrogens is 721 g/mol. The largest absolute Gasteiger partial charge is 0.491 e. The Hall–Kier alpha value is -4.85. The van der Waals surface area contributed by atoms with Crippen molar-refractivity contribution >= 4 is 46.5 Å². The van der Waals surface area contributed by atoms with E-state index in [4.69, 9.17) is 9.47 Å². The smallest absolute Gasteiger partial charge is 0.408 e. The van der Waals surface area contributed by atoms with E-state index in [1.54, 1.807) is 27.0 Å². The molecule has 0 spiro atoms. The topological polar surface area (TPSA) is 172 Å². The van der Waals surface area contributed by atoms with Crippen molar-refractivity contribution in [3.8, 4) is 16.9 Å². The van der Waals surface area contributed by atoms with Crippen LogP contribution < -0.4 is 25.7 Å². The summed E-state index contributed by atoms with van der Waals surface area (Å²) < 4.78 is 13.3. The summed E-state index contributed by atoms with van der Waals surface area (Å²) in [5.74, 6) is -0.844. The molecule has 2 aromatic carbocycles. The maximum Gasteiger partial charge on any atom is 0.408 e. The predicted molar refractivity (Wildman–Crippen MR) is 216 cm³/mol. The molecule has 4 N–H and O–H groups in total. The summed E-state index contributed by atoms with van der Waals surface area (Å²) in [5, 5.41) is 14.2. The van der Waals surface area contributed by atoms with Gasteiger partial charge in [-0.2, -0.15) is 5.10 Å². The summed E-state index contributed by atoms with van der Waals surface area (Å²) in [7, 11) is 1.49. The first-order valence-corrected chi connectivity index (χ1v) is 20.0. The Morgan fingerprint density at radius 1 is 1.05 bits per heavy atom. The number of methoxy groups -OCH3 is 1. The number of benzene rings is 2. The lowest BCUT2D eigenvalue weighted by atomic mass is 9.99. The van der Waals surface area contributed by atoms with Crippen molar-refractivity contribution in [2.45, 2.75) is 109 Å². The summed E-state index contributed by atoms with van der Waals surface area (Å²) in [6.07, 6.45) is 12.7. The van der Waals surface area contributed by atoms with Gasteiger partial charge in [0.25, 0.3) is 5.91 Å². The average molecular weight is 777 g/mol. The van der Waals surface area contributed by atoms with Crippen molar-refractivity contribution in [2.24, 2.45) is 5.92 Å². The third-order valence-corrected chi connectivity index (χ3v) is 10.2. The Morgan fingerprint density at radius 3 is 2.51 bits per heavy atom. The molecule has 3 aromatic rings. The number of nitrogens with one attached hydrogen (secondary N) is 4. The minimum absolute atomic E-state index is 0.199. The molecule has 1 saturated heterocycles. The molecule has 55 heavy (non-hydrogen) atoms. The zero-order valence-corrected chi connectivity index (χ0v) is 33.6. The normalized spacial score (nSPS) is 16.5. The molecule has 13 nitrogen and oxygen atoms in total. The second-order valence-corrected chi connectivity index (χ2v) is 15.9. The van der Waals surface area contributed by atoms with E-state index in [-0.39, 0.29) is 41.5 Å². The number of H-pyrrole nitrogens is 1. The SMILES string of the molecule is CCCCC/C=C\C(C)C(NC(=O)C1CCCN1C(=O)CNC(=O)OC(C)(C)C)C(=O)NSC1CC1.COc1c(-c2cccc3ccccc23)cn[nH]c1=O. The molecular formula is C41H56N6O7S. The highest BCUT2D eigenvalue weighted by Crippen LogP contribution is 2.33. The maximum atomic E-state index is 13.2. The average Bonchev–Trinajstić information content (AvgIpc) is 3.86.